The maximum atomic E-state index is 13.4. The van der Waals surface area contributed by atoms with Gasteiger partial charge in [-0.2, -0.15) is 17.0 Å². The summed E-state index contributed by atoms with van der Waals surface area (Å²) in [5.41, 5.74) is 0.164. The molecule has 1 aliphatic heterocycles. The predicted octanol–water partition coefficient (Wildman–Crippen LogP) is 1.87. The molecule has 2 aromatic rings. The summed E-state index contributed by atoms with van der Waals surface area (Å²) in [7, 11) is -3.88. The number of carbonyl (C=O) groups excluding carboxylic acids is 1. The minimum absolute atomic E-state index is 0.0122. The minimum atomic E-state index is -4.10. The second-order valence-corrected chi connectivity index (χ2v) is 11.8. The van der Waals surface area contributed by atoms with Gasteiger partial charge in [0, 0.05) is 27.2 Å². The Kier molecular flexibility index (Phi) is 7.81. The average Bonchev–Trinajstić information content (AvgIpc) is 3.34. The molecule has 0 aromatic heterocycles. The lowest BCUT2D eigenvalue weighted by Gasteiger charge is -2.27. The van der Waals surface area contributed by atoms with Crippen molar-refractivity contribution in [2.45, 2.75) is 17.7 Å². The Balaban J connectivity index is 1.90. The second-order valence-electron chi connectivity index (χ2n) is 7.79. The van der Waals surface area contributed by atoms with Crippen LogP contribution in [0.1, 0.15) is 12.8 Å². The van der Waals surface area contributed by atoms with E-state index in [0.29, 0.717) is 13.1 Å². The van der Waals surface area contributed by atoms with Gasteiger partial charge in [0.25, 0.3) is 0 Å². The van der Waals surface area contributed by atoms with E-state index in [1.54, 1.807) is 0 Å². The number of halogens is 1. The van der Waals surface area contributed by atoms with Gasteiger partial charge < -0.3 is 10.1 Å². The number of ether oxygens (including phenoxy) is 1. The average molecular weight is 515 g/mol. The number of rotatable bonds is 9. The van der Waals surface area contributed by atoms with Gasteiger partial charge >= 0.3 is 10.2 Å². The van der Waals surface area contributed by atoms with Crippen molar-refractivity contribution < 1.29 is 30.8 Å². The standard InChI is InChI=1S/C21H27FN4O6S2/c1-24(2)34(30,31)26(17-8-6-16(22)7-9-17)15-21(27)23-19-14-18(10-11-20(19)32-3)33(28,29)25-12-4-5-13-25/h6-11,14H,4-5,12-13,15H2,1-3H3,(H,23,27). The van der Waals surface area contributed by atoms with Crippen LogP contribution in [0.15, 0.2) is 47.4 Å². The van der Waals surface area contributed by atoms with Gasteiger partial charge in [-0.25, -0.2) is 17.1 Å². The van der Waals surface area contributed by atoms with Gasteiger partial charge in [0.05, 0.1) is 23.4 Å². The van der Waals surface area contributed by atoms with E-state index in [-0.39, 0.29) is 22.0 Å². The molecule has 0 radical (unpaired) electrons. The van der Waals surface area contributed by atoms with Crippen molar-refractivity contribution in [3.8, 4) is 5.75 Å². The van der Waals surface area contributed by atoms with E-state index in [9.17, 15) is 26.0 Å². The molecule has 0 atom stereocenters. The molecule has 0 unspecified atom stereocenters. The summed E-state index contributed by atoms with van der Waals surface area (Å²) in [6, 6.07) is 8.76. The first-order valence-electron chi connectivity index (χ1n) is 10.4. The molecule has 1 aliphatic rings. The zero-order chi connectivity index (χ0) is 25.1. The SMILES string of the molecule is COc1ccc(S(=O)(=O)N2CCCC2)cc1NC(=O)CN(c1ccc(F)cc1)S(=O)(=O)N(C)C. The third kappa shape index (κ3) is 5.49. The number of hydrogen-bond acceptors (Lipinski definition) is 6. The molecule has 0 bridgehead atoms. The van der Waals surface area contributed by atoms with Crippen LogP contribution in [0.3, 0.4) is 0 Å². The molecule has 1 fully saturated rings. The molecule has 34 heavy (non-hydrogen) atoms. The Labute approximate surface area is 199 Å². The highest BCUT2D eigenvalue weighted by atomic mass is 32.2. The van der Waals surface area contributed by atoms with Gasteiger partial charge in [-0.3, -0.25) is 4.79 Å². The van der Waals surface area contributed by atoms with Crippen molar-refractivity contribution in [3.05, 3.63) is 48.3 Å². The van der Waals surface area contributed by atoms with Crippen LogP contribution in [0.4, 0.5) is 15.8 Å². The van der Waals surface area contributed by atoms with E-state index >= 15 is 0 Å². The Morgan fingerprint density at radius 3 is 2.24 bits per heavy atom. The molecule has 1 N–H and O–H groups in total. The highest BCUT2D eigenvalue weighted by Gasteiger charge is 2.30. The van der Waals surface area contributed by atoms with Gasteiger partial charge in [0.15, 0.2) is 0 Å². The van der Waals surface area contributed by atoms with E-state index < -0.39 is 38.5 Å². The van der Waals surface area contributed by atoms with Gasteiger partial charge in [-0.15, -0.1) is 0 Å². The molecule has 0 spiro atoms. The largest absolute Gasteiger partial charge is 0.495 e. The lowest BCUT2D eigenvalue weighted by molar-refractivity contribution is -0.114. The molecule has 2 aromatic carbocycles. The summed E-state index contributed by atoms with van der Waals surface area (Å²) in [4.78, 5) is 12.9. The van der Waals surface area contributed by atoms with Crippen LogP contribution in [0, 0.1) is 5.82 Å². The number of nitrogens with zero attached hydrogens (tertiary/aromatic N) is 3. The molecule has 13 heteroatoms. The van der Waals surface area contributed by atoms with E-state index in [4.69, 9.17) is 4.74 Å². The number of hydrogen-bond donors (Lipinski definition) is 1. The van der Waals surface area contributed by atoms with Crippen molar-refractivity contribution in [3.63, 3.8) is 0 Å². The quantitative estimate of drug-likeness (QED) is 0.546. The normalized spacial score (nSPS) is 14.9. The fourth-order valence-electron chi connectivity index (χ4n) is 3.45. The first kappa shape index (κ1) is 25.9. The number of methoxy groups -OCH3 is 1. The molecule has 1 saturated heterocycles. The molecule has 186 valence electrons. The van der Waals surface area contributed by atoms with Gasteiger partial charge in [-0.05, 0) is 55.3 Å². The van der Waals surface area contributed by atoms with Crippen LogP contribution in [-0.2, 0) is 25.0 Å². The summed E-state index contributed by atoms with van der Waals surface area (Å²) < 4.78 is 73.2. The molecule has 1 heterocycles. The Hall–Kier alpha value is -2.74. The molecule has 3 rings (SSSR count). The Morgan fingerprint density at radius 1 is 1.06 bits per heavy atom. The van der Waals surface area contributed by atoms with Crippen LogP contribution in [-0.4, -0.2) is 72.2 Å². The monoisotopic (exact) mass is 514 g/mol. The fourth-order valence-corrected chi connectivity index (χ4v) is 6.06. The number of amides is 1. The maximum Gasteiger partial charge on any atom is 0.304 e. The van der Waals surface area contributed by atoms with Gasteiger partial charge in [0.2, 0.25) is 15.9 Å². The van der Waals surface area contributed by atoms with Crippen molar-refractivity contribution in [2.75, 3.05) is 50.5 Å². The molecular formula is C21H27FN4O6S2. The van der Waals surface area contributed by atoms with E-state index in [1.807, 2.05) is 0 Å². The van der Waals surface area contributed by atoms with Crippen molar-refractivity contribution in [1.29, 1.82) is 0 Å². The summed E-state index contributed by atoms with van der Waals surface area (Å²) in [6.07, 6.45) is 1.55. The molecular weight excluding hydrogens is 487 g/mol. The summed E-state index contributed by atoms with van der Waals surface area (Å²) in [5.74, 6) is -1.10. The molecule has 0 aliphatic carbocycles. The Bertz CT molecular complexity index is 1240. The maximum absolute atomic E-state index is 13.4. The summed E-state index contributed by atoms with van der Waals surface area (Å²) >= 11 is 0. The zero-order valence-electron chi connectivity index (χ0n) is 19.1. The van der Waals surface area contributed by atoms with Crippen LogP contribution in [0.2, 0.25) is 0 Å². The first-order valence-corrected chi connectivity index (χ1v) is 13.2. The third-order valence-corrected chi connectivity index (χ3v) is 9.00. The van der Waals surface area contributed by atoms with E-state index in [0.717, 1.165) is 33.6 Å². The smallest absolute Gasteiger partial charge is 0.304 e. The predicted molar refractivity (Wildman–Crippen MR) is 126 cm³/mol. The number of anilines is 2. The topological polar surface area (TPSA) is 116 Å². The van der Waals surface area contributed by atoms with E-state index in [2.05, 4.69) is 5.32 Å². The van der Waals surface area contributed by atoms with Gasteiger partial charge in [0.1, 0.15) is 18.1 Å². The number of carbonyl (C=O) groups is 1. The fraction of sp³-hybridized carbons (Fsp3) is 0.381. The Morgan fingerprint density at radius 2 is 1.68 bits per heavy atom. The van der Waals surface area contributed by atoms with E-state index in [1.165, 1.54) is 55.8 Å². The van der Waals surface area contributed by atoms with Gasteiger partial charge in [-0.1, -0.05) is 0 Å². The van der Waals surface area contributed by atoms with Crippen LogP contribution < -0.4 is 14.4 Å². The second kappa shape index (κ2) is 10.3. The summed E-state index contributed by atoms with van der Waals surface area (Å²) in [5, 5.41) is 2.54. The third-order valence-electron chi connectivity index (χ3n) is 5.29. The first-order chi connectivity index (χ1) is 16.0. The lowest BCUT2D eigenvalue weighted by atomic mass is 10.3. The van der Waals surface area contributed by atoms with Crippen molar-refractivity contribution in [2.24, 2.45) is 0 Å². The number of sulfonamides is 1. The molecule has 0 saturated carbocycles. The van der Waals surface area contributed by atoms with Crippen molar-refractivity contribution in [1.82, 2.24) is 8.61 Å². The van der Waals surface area contributed by atoms with Crippen LogP contribution in [0.25, 0.3) is 0 Å². The zero-order valence-corrected chi connectivity index (χ0v) is 20.7. The molecule has 10 nitrogen and oxygen atoms in total. The van der Waals surface area contributed by atoms with Crippen molar-refractivity contribution >= 4 is 37.5 Å². The van der Waals surface area contributed by atoms with Crippen LogP contribution >= 0.6 is 0 Å². The van der Waals surface area contributed by atoms with Crippen LogP contribution in [0.5, 0.6) is 5.75 Å². The molecule has 1 amide bonds. The number of nitrogens with one attached hydrogen (secondary N) is 1. The lowest BCUT2D eigenvalue weighted by Crippen LogP contribution is -2.44. The highest BCUT2D eigenvalue weighted by molar-refractivity contribution is 7.90. The minimum Gasteiger partial charge on any atom is -0.495 e. The summed E-state index contributed by atoms with van der Waals surface area (Å²) in [6.45, 7) is 0.203. The highest BCUT2D eigenvalue weighted by Crippen LogP contribution is 2.30. The number of benzene rings is 2.